The third kappa shape index (κ3) is 5.97. The van der Waals surface area contributed by atoms with Crippen LogP contribution in [0.1, 0.15) is 21.8 Å². The number of amides is 1. The number of rotatable bonds is 10. The quantitative estimate of drug-likeness (QED) is 0.314. The van der Waals surface area contributed by atoms with E-state index in [2.05, 4.69) is 25.5 Å². The number of benzene rings is 1. The lowest BCUT2D eigenvalue weighted by atomic mass is 10.1. The molecule has 0 saturated heterocycles. The molecule has 35 heavy (non-hydrogen) atoms. The molecule has 3 aromatic heterocycles. The van der Waals surface area contributed by atoms with E-state index in [4.69, 9.17) is 16.3 Å². The third-order valence-electron chi connectivity index (χ3n) is 5.37. The van der Waals surface area contributed by atoms with E-state index in [1.165, 1.54) is 11.3 Å². The van der Waals surface area contributed by atoms with Gasteiger partial charge < -0.3 is 19.9 Å². The van der Waals surface area contributed by atoms with E-state index in [1.54, 1.807) is 48.5 Å². The van der Waals surface area contributed by atoms with Crippen LogP contribution in [0.3, 0.4) is 0 Å². The van der Waals surface area contributed by atoms with Crippen molar-refractivity contribution in [1.29, 1.82) is 0 Å². The molecular weight excluding hydrogens is 488 g/mol. The number of halogens is 1. The maximum absolute atomic E-state index is 12.3. The maximum atomic E-state index is 12.3. The monoisotopic (exact) mass is 512 g/mol. The normalized spacial score (nSPS) is 10.9. The van der Waals surface area contributed by atoms with Crippen LogP contribution in [0.5, 0.6) is 0 Å². The van der Waals surface area contributed by atoms with Gasteiger partial charge in [-0.2, -0.15) is 0 Å². The van der Waals surface area contributed by atoms with Gasteiger partial charge in [0.1, 0.15) is 5.69 Å². The maximum Gasteiger partial charge on any atom is 0.261 e. The van der Waals surface area contributed by atoms with Gasteiger partial charge in [-0.15, -0.1) is 16.4 Å². The Morgan fingerprint density at radius 3 is 2.89 bits per heavy atom. The van der Waals surface area contributed by atoms with Gasteiger partial charge in [-0.05, 0) is 48.4 Å². The van der Waals surface area contributed by atoms with Crippen molar-refractivity contribution >= 4 is 34.5 Å². The van der Waals surface area contributed by atoms with Crippen LogP contribution in [0.25, 0.3) is 16.8 Å². The van der Waals surface area contributed by atoms with Gasteiger partial charge in [0.15, 0.2) is 0 Å². The van der Waals surface area contributed by atoms with Crippen LogP contribution in [0.15, 0.2) is 59.7 Å². The van der Waals surface area contributed by atoms with Crippen molar-refractivity contribution in [2.45, 2.75) is 13.0 Å². The molecule has 1 aromatic carbocycles. The van der Waals surface area contributed by atoms with Gasteiger partial charge in [0, 0.05) is 39.1 Å². The van der Waals surface area contributed by atoms with Gasteiger partial charge in [-0.25, -0.2) is 4.68 Å². The number of aromatic nitrogens is 4. The number of methoxy groups -OCH3 is 1. The Morgan fingerprint density at radius 2 is 2.14 bits per heavy atom. The smallest absolute Gasteiger partial charge is 0.261 e. The van der Waals surface area contributed by atoms with E-state index in [0.29, 0.717) is 27.1 Å². The zero-order valence-corrected chi connectivity index (χ0v) is 20.9. The van der Waals surface area contributed by atoms with Crippen molar-refractivity contribution in [3.63, 3.8) is 0 Å². The summed E-state index contributed by atoms with van der Waals surface area (Å²) in [4.78, 5) is 30.0. The molecule has 3 heterocycles. The molecule has 4 aromatic rings. The number of pyridine rings is 1. The number of nitrogens with zero attached hydrogens (tertiary/aromatic N) is 4. The van der Waals surface area contributed by atoms with Crippen LogP contribution >= 0.6 is 22.9 Å². The predicted molar refractivity (Wildman–Crippen MR) is 138 cm³/mol. The zero-order chi connectivity index (χ0) is 24.8. The zero-order valence-electron chi connectivity index (χ0n) is 19.3. The average Bonchev–Trinajstić information content (AvgIpc) is 3.52. The highest BCUT2D eigenvalue weighted by molar-refractivity contribution is 7.17. The summed E-state index contributed by atoms with van der Waals surface area (Å²) < 4.78 is 7.42. The molecule has 0 unspecified atom stereocenters. The van der Waals surface area contributed by atoms with Crippen LogP contribution in [0.4, 0.5) is 5.69 Å². The van der Waals surface area contributed by atoms with Crippen molar-refractivity contribution in [1.82, 2.24) is 25.3 Å². The number of ether oxygens (including phenoxy) is 1. The minimum Gasteiger partial charge on any atom is -0.385 e. The molecule has 4 rings (SSSR count). The van der Waals surface area contributed by atoms with E-state index >= 15 is 0 Å². The van der Waals surface area contributed by atoms with E-state index in [1.807, 2.05) is 25.2 Å². The molecule has 2 N–H and O–H groups in total. The average molecular weight is 513 g/mol. The summed E-state index contributed by atoms with van der Waals surface area (Å²) in [5.41, 5.74) is 3.52. The van der Waals surface area contributed by atoms with Gasteiger partial charge in [0.05, 0.1) is 33.3 Å². The lowest BCUT2D eigenvalue weighted by Crippen LogP contribution is -2.22. The van der Waals surface area contributed by atoms with Crippen LogP contribution in [-0.4, -0.2) is 53.2 Å². The summed E-state index contributed by atoms with van der Waals surface area (Å²) in [5, 5.41) is 11.3. The highest BCUT2D eigenvalue weighted by Gasteiger charge is 2.15. The van der Waals surface area contributed by atoms with Crippen molar-refractivity contribution in [3.05, 3.63) is 80.1 Å². The van der Waals surface area contributed by atoms with Crippen molar-refractivity contribution in [3.8, 4) is 16.8 Å². The second-order valence-electron chi connectivity index (χ2n) is 7.83. The molecule has 1 amide bonds. The number of nitrogens with one attached hydrogen (secondary N) is 2. The van der Waals surface area contributed by atoms with Gasteiger partial charge in [-0.1, -0.05) is 22.9 Å². The van der Waals surface area contributed by atoms with E-state index in [0.717, 1.165) is 29.9 Å². The highest BCUT2D eigenvalue weighted by atomic mass is 35.5. The minimum absolute atomic E-state index is 0.154. The lowest BCUT2D eigenvalue weighted by molar-refractivity contribution is 0.0954. The number of thiophene rings is 1. The molecular formula is C24H25ClN6O3S. The predicted octanol–water partition coefficient (Wildman–Crippen LogP) is 3.74. The molecule has 0 atom stereocenters. The van der Waals surface area contributed by atoms with Gasteiger partial charge in [-0.3, -0.25) is 9.59 Å². The second kappa shape index (κ2) is 11.3. The Labute approximate surface area is 211 Å². The molecule has 182 valence electrons. The number of carbonyl (C=O) groups excluding carboxylic acids is 1. The van der Waals surface area contributed by atoms with Crippen molar-refractivity contribution < 1.29 is 9.53 Å². The summed E-state index contributed by atoms with van der Waals surface area (Å²) in [5.74, 6) is -0.215. The summed E-state index contributed by atoms with van der Waals surface area (Å²) in [6.07, 6.45) is 4.23. The van der Waals surface area contributed by atoms with Gasteiger partial charge in [0.25, 0.3) is 11.5 Å². The Bertz CT molecular complexity index is 1370. The fourth-order valence-electron chi connectivity index (χ4n) is 3.60. The number of carbonyl (C=O) groups is 1. The van der Waals surface area contributed by atoms with Gasteiger partial charge in [0.2, 0.25) is 0 Å². The number of aromatic amines is 1. The Hall–Kier alpha value is -3.47. The van der Waals surface area contributed by atoms with E-state index < -0.39 is 0 Å². The highest BCUT2D eigenvalue weighted by Crippen LogP contribution is 2.29. The largest absolute Gasteiger partial charge is 0.385 e. The van der Waals surface area contributed by atoms with Crippen LogP contribution in [-0.2, 0) is 11.3 Å². The molecule has 11 heteroatoms. The SMILES string of the molecule is COCCCN(C)c1cc(-c2ccc[nH]c2=O)ccc1-n1cc(CNC(=O)c2ccc(Cl)s2)nn1. The number of anilines is 1. The first-order valence-electron chi connectivity index (χ1n) is 10.9. The summed E-state index contributed by atoms with van der Waals surface area (Å²) in [6, 6.07) is 12.7. The van der Waals surface area contributed by atoms with Crippen LogP contribution < -0.4 is 15.8 Å². The van der Waals surface area contributed by atoms with Crippen molar-refractivity contribution in [2.24, 2.45) is 0 Å². The van der Waals surface area contributed by atoms with Crippen LogP contribution in [0, 0.1) is 0 Å². The fraction of sp³-hybridized carbons (Fsp3) is 0.250. The van der Waals surface area contributed by atoms with Gasteiger partial charge >= 0.3 is 0 Å². The molecule has 0 aliphatic rings. The number of H-pyrrole nitrogens is 1. The topological polar surface area (TPSA) is 105 Å². The van der Waals surface area contributed by atoms with E-state index in [-0.39, 0.29) is 18.0 Å². The number of hydrogen-bond donors (Lipinski definition) is 2. The molecule has 9 nitrogen and oxygen atoms in total. The standard InChI is InChI=1S/C24H25ClN6O3S/c1-30(11-4-12-34-2)20-13-16(18-5-3-10-26-23(18)32)6-7-19(20)31-15-17(28-29-31)14-27-24(33)21-8-9-22(25)35-21/h3,5-10,13,15H,4,11-12,14H2,1-2H3,(H,26,32)(H,27,33). The lowest BCUT2D eigenvalue weighted by Gasteiger charge is -2.23. The van der Waals surface area contributed by atoms with E-state index in [9.17, 15) is 9.59 Å². The van der Waals surface area contributed by atoms with Crippen LogP contribution in [0.2, 0.25) is 4.34 Å². The summed E-state index contributed by atoms with van der Waals surface area (Å²) in [7, 11) is 3.66. The molecule has 0 radical (unpaired) electrons. The summed E-state index contributed by atoms with van der Waals surface area (Å²) in [6.45, 7) is 1.61. The first-order chi connectivity index (χ1) is 17.0. The first kappa shape index (κ1) is 24.6. The Balaban J connectivity index is 1.59. The molecule has 0 fully saturated rings. The Kier molecular flexibility index (Phi) is 7.96. The molecule has 0 saturated carbocycles. The molecule has 0 aliphatic carbocycles. The number of hydrogen-bond acceptors (Lipinski definition) is 7. The first-order valence-corrected chi connectivity index (χ1v) is 12.1. The third-order valence-corrected chi connectivity index (χ3v) is 6.60. The molecule has 0 spiro atoms. The fourth-order valence-corrected chi connectivity index (χ4v) is 4.56. The molecule has 0 bridgehead atoms. The molecule has 0 aliphatic heterocycles. The summed E-state index contributed by atoms with van der Waals surface area (Å²) >= 11 is 7.13. The minimum atomic E-state index is -0.215. The van der Waals surface area contributed by atoms with Crippen molar-refractivity contribution in [2.75, 3.05) is 32.2 Å². The second-order valence-corrected chi connectivity index (χ2v) is 9.54. The Morgan fingerprint density at radius 1 is 1.29 bits per heavy atom.